The van der Waals surface area contributed by atoms with Gasteiger partial charge in [-0.1, -0.05) is 35.9 Å². The van der Waals surface area contributed by atoms with Crippen LogP contribution in [0.1, 0.15) is 41.9 Å². The minimum Gasteiger partial charge on any atom is -0.493 e. The number of rotatable bonds is 5. The van der Waals surface area contributed by atoms with Crippen molar-refractivity contribution in [1.29, 1.82) is 0 Å². The first-order chi connectivity index (χ1) is 15.0. The van der Waals surface area contributed by atoms with Gasteiger partial charge in [0.1, 0.15) is 0 Å². The molecule has 0 radical (unpaired) electrons. The Bertz CT molecular complexity index is 1040. The van der Waals surface area contributed by atoms with Crippen molar-refractivity contribution >= 4 is 17.5 Å². The van der Waals surface area contributed by atoms with Gasteiger partial charge in [-0.2, -0.15) is 0 Å². The Hall–Kier alpha value is -3.28. The van der Waals surface area contributed by atoms with E-state index < -0.39 is 17.4 Å². The van der Waals surface area contributed by atoms with Gasteiger partial charge in [-0.15, -0.1) is 0 Å². The number of methoxy groups -OCH3 is 4. The van der Waals surface area contributed by atoms with Gasteiger partial charge in [-0.25, -0.2) is 0 Å². The third kappa shape index (κ3) is 3.17. The number of esters is 2. The van der Waals surface area contributed by atoms with E-state index in [9.17, 15) is 9.59 Å². The van der Waals surface area contributed by atoms with Crippen LogP contribution < -0.4 is 9.47 Å². The molecule has 162 valence electrons. The highest BCUT2D eigenvalue weighted by Crippen LogP contribution is 2.57. The summed E-state index contributed by atoms with van der Waals surface area (Å²) in [6, 6.07) is 14.1. The van der Waals surface area contributed by atoms with Crippen LogP contribution >= 0.6 is 0 Å². The maximum absolute atomic E-state index is 12.8. The zero-order chi connectivity index (χ0) is 22.2. The third-order valence-corrected chi connectivity index (χ3v) is 6.51. The Morgan fingerprint density at radius 2 is 1.52 bits per heavy atom. The first-order valence-electron chi connectivity index (χ1n) is 10.2. The molecule has 0 fully saturated rings. The highest BCUT2D eigenvalue weighted by atomic mass is 16.5. The predicted molar refractivity (Wildman–Crippen MR) is 115 cm³/mol. The van der Waals surface area contributed by atoms with Gasteiger partial charge in [-0.05, 0) is 53.7 Å². The molecule has 0 N–H and O–H groups in total. The zero-order valence-electron chi connectivity index (χ0n) is 18.2. The molecule has 6 nitrogen and oxygen atoms in total. The third-order valence-electron chi connectivity index (χ3n) is 6.51. The van der Waals surface area contributed by atoms with Crippen molar-refractivity contribution in [2.45, 2.75) is 25.2 Å². The molecule has 0 saturated heterocycles. The zero-order valence-corrected chi connectivity index (χ0v) is 18.2. The summed E-state index contributed by atoms with van der Waals surface area (Å²) in [6.45, 7) is 0. The minimum absolute atomic E-state index is 0.0972. The molecule has 1 atom stereocenters. The highest BCUT2D eigenvalue weighted by Gasteiger charge is 2.53. The lowest BCUT2D eigenvalue weighted by Crippen LogP contribution is -2.43. The number of carbonyl (C=O) groups is 2. The summed E-state index contributed by atoms with van der Waals surface area (Å²) in [5.74, 6) is 0.0986. The van der Waals surface area contributed by atoms with Crippen LogP contribution in [0.2, 0.25) is 0 Å². The summed E-state index contributed by atoms with van der Waals surface area (Å²) in [5.41, 5.74) is 4.09. The number of hydrogen-bond acceptors (Lipinski definition) is 6. The molecule has 0 heterocycles. The van der Waals surface area contributed by atoms with Crippen LogP contribution in [0.4, 0.5) is 0 Å². The molecular formula is C25H26O6. The van der Waals surface area contributed by atoms with Crippen LogP contribution in [0.5, 0.6) is 11.5 Å². The van der Waals surface area contributed by atoms with Gasteiger partial charge in [0, 0.05) is 5.92 Å². The van der Waals surface area contributed by atoms with Gasteiger partial charge in [0.05, 0.1) is 28.4 Å². The Labute approximate surface area is 181 Å². The van der Waals surface area contributed by atoms with Crippen molar-refractivity contribution in [3.05, 3.63) is 64.7 Å². The van der Waals surface area contributed by atoms with Crippen molar-refractivity contribution < 1.29 is 28.5 Å². The molecule has 6 heteroatoms. The number of allylic oxidation sites excluding steroid dienone is 2. The van der Waals surface area contributed by atoms with Gasteiger partial charge in [-0.3, -0.25) is 9.59 Å². The SMILES string of the molecule is COC(=O)C1(C(=O)OC)CCC2=C(C1)C(c1ccccc1)c1cc(OC)c(OC)cc12. The number of hydrogen-bond donors (Lipinski definition) is 0. The summed E-state index contributed by atoms with van der Waals surface area (Å²) < 4.78 is 21.2. The van der Waals surface area contributed by atoms with Crippen molar-refractivity contribution in [1.82, 2.24) is 0 Å². The van der Waals surface area contributed by atoms with E-state index in [0.717, 1.165) is 27.8 Å². The van der Waals surface area contributed by atoms with E-state index in [0.29, 0.717) is 24.3 Å². The molecule has 2 aliphatic rings. The standard InChI is InChI=1S/C25H26O6/c1-28-20-12-17-16-10-11-25(23(26)30-3,24(27)31-4)14-19(16)22(15-8-6-5-7-9-15)18(17)13-21(20)29-2/h5-9,12-13,22H,10-11,14H2,1-4H3. The number of fused-ring (bicyclic) bond motifs is 2. The maximum atomic E-state index is 12.8. The Balaban J connectivity index is 1.92. The molecular weight excluding hydrogens is 396 g/mol. The van der Waals surface area contributed by atoms with E-state index in [1.807, 2.05) is 30.3 Å². The predicted octanol–water partition coefficient (Wildman–Crippen LogP) is 4.12. The topological polar surface area (TPSA) is 71.1 Å². The summed E-state index contributed by atoms with van der Waals surface area (Å²) in [5, 5.41) is 0. The summed E-state index contributed by atoms with van der Waals surface area (Å²) >= 11 is 0. The molecule has 2 aromatic rings. The van der Waals surface area contributed by atoms with E-state index in [1.54, 1.807) is 14.2 Å². The first kappa shape index (κ1) is 21.0. The van der Waals surface area contributed by atoms with Crippen molar-refractivity contribution in [3.63, 3.8) is 0 Å². The van der Waals surface area contributed by atoms with Gasteiger partial charge in [0.25, 0.3) is 0 Å². The largest absolute Gasteiger partial charge is 0.493 e. The number of benzene rings is 2. The molecule has 31 heavy (non-hydrogen) atoms. The van der Waals surface area contributed by atoms with Crippen molar-refractivity contribution in [3.8, 4) is 11.5 Å². The molecule has 0 aliphatic heterocycles. The first-order valence-corrected chi connectivity index (χ1v) is 10.2. The molecule has 0 bridgehead atoms. The summed E-state index contributed by atoms with van der Waals surface area (Å²) in [4.78, 5) is 25.6. The number of carbonyl (C=O) groups excluding carboxylic acids is 2. The molecule has 2 aromatic carbocycles. The fourth-order valence-electron chi connectivity index (χ4n) is 5.03. The van der Waals surface area contributed by atoms with Crippen molar-refractivity contribution in [2.24, 2.45) is 5.41 Å². The molecule has 0 amide bonds. The maximum Gasteiger partial charge on any atom is 0.323 e. The van der Waals surface area contributed by atoms with Crippen LogP contribution in [0.15, 0.2) is 48.0 Å². The monoisotopic (exact) mass is 422 g/mol. The van der Waals surface area contributed by atoms with E-state index in [4.69, 9.17) is 18.9 Å². The molecule has 1 unspecified atom stereocenters. The molecule has 2 aliphatic carbocycles. The lowest BCUT2D eigenvalue weighted by atomic mass is 9.69. The fourth-order valence-corrected chi connectivity index (χ4v) is 5.03. The number of ether oxygens (including phenoxy) is 4. The highest BCUT2D eigenvalue weighted by molar-refractivity contribution is 6.02. The lowest BCUT2D eigenvalue weighted by Gasteiger charge is -2.34. The van der Waals surface area contributed by atoms with Crippen LogP contribution in [0, 0.1) is 5.41 Å². The Morgan fingerprint density at radius 3 is 2.10 bits per heavy atom. The second kappa shape index (κ2) is 8.10. The van der Waals surface area contributed by atoms with Crippen LogP contribution in [0.25, 0.3) is 5.57 Å². The van der Waals surface area contributed by atoms with E-state index in [2.05, 4.69) is 12.1 Å². The van der Waals surface area contributed by atoms with Gasteiger partial charge < -0.3 is 18.9 Å². The van der Waals surface area contributed by atoms with Crippen LogP contribution in [-0.4, -0.2) is 40.4 Å². The van der Waals surface area contributed by atoms with Gasteiger partial charge in [0.2, 0.25) is 0 Å². The van der Waals surface area contributed by atoms with Gasteiger partial charge in [0.15, 0.2) is 16.9 Å². The van der Waals surface area contributed by atoms with Crippen LogP contribution in [0.3, 0.4) is 0 Å². The lowest BCUT2D eigenvalue weighted by molar-refractivity contribution is -0.170. The second-order valence-electron chi connectivity index (χ2n) is 7.88. The smallest absolute Gasteiger partial charge is 0.323 e. The summed E-state index contributed by atoms with van der Waals surface area (Å²) in [6.07, 6.45) is 1.15. The normalized spacial score (nSPS) is 18.6. The molecule has 0 aromatic heterocycles. The average Bonchev–Trinajstić information content (AvgIpc) is 3.14. The van der Waals surface area contributed by atoms with E-state index in [1.165, 1.54) is 14.2 Å². The van der Waals surface area contributed by atoms with E-state index in [-0.39, 0.29) is 12.3 Å². The quantitative estimate of drug-likeness (QED) is 0.533. The second-order valence-corrected chi connectivity index (χ2v) is 7.88. The fraction of sp³-hybridized carbons (Fsp3) is 0.360. The Kier molecular flexibility index (Phi) is 5.48. The van der Waals surface area contributed by atoms with Crippen molar-refractivity contribution in [2.75, 3.05) is 28.4 Å². The van der Waals surface area contributed by atoms with E-state index >= 15 is 0 Å². The minimum atomic E-state index is -1.34. The average molecular weight is 422 g/mol. The Morgan fingerprint density at radius 1 is 0.903 bits per heavy atom. The summed E-state index contributed by atoms with van der Waals surface area (Å²) in [7, 11) is 5.85. The van der Waals surface area contributed by atoms with Crippen LogP contribution in [-0.2, 0) is 19.1 Å². The molecule has 4 rings (SSSR count). The molecule has 0 spiro atoms. The van der Waals surface area contributed by atoms with Gasteiger partial charge >= 0.3 is 11.9 Å². The molecule has 0 saturated carbocycles.